The third-order valence-electron chi connectivity index (χ3n) is 7.60. The third-order valence-corrected chi connectivity index (χ3v) is 7.60. The van der Waals surface area contributed by atoms with Gasteiger partial charge in [-0.1, -0.05) is 31.2 Å². The zero-order valence-electron chi connectivity index (χ0n) is 22.0. The molecule has 1 N–H and O–H groups in total. The molecular weight excluding hydrogens is 493 g/mol. The Kier molecular flexibility index (Phi) is 7.33. The Bertz CT molecular complexity index is 1260. The van der Waals surface area contributed by atoms with E-state index in [1.807, 2.05) is 29.8 Å². The molecule has 2 aliphatic rings. The molecule has 4 heterocycles. The number of halogens is 1. The lowest BCUT2D eigenvalue weighted by Crippen LogP contribution is -2.42. The minimum Gasteiger partial charge on any atom is -0.486 e. The Labute approximate surface area is 220 Å². The minimum absolute atomic E-state index is 0.0699. The number of hydrogen-bond donors (Lipinski definition) is 1. The van der Waals surface area contributed by atoms with Gasteiger partial charge in [-0.3, -0.25) is 0 Å². The minimum atomic E-state index is -1.67. The quantitative estimate of drug-likeness (QED) is 0.487. The first kappa shape index (κ1) is 26.1. The first-order chi connectivity index (χ1) is 18.2. The summed E-state index contributed by atoms with van der Waals surface area (Å²) in [6.45, 7) is 5.27. The van der Waals surface area contributed by atoms with Crippen LogP contribution in [0.2, 0.25) is 0 Å². The number of carboxylic acid groups (broad SMARTS) is 1. The summed E-state index contributed by atoms with van der Waals surface area (Å²) in [5.74, 6) is 2.67. The van der Waals surface area contributed by atoms with Crippen LogP contribution in [0, 0.1) is 0 Å². The predicted octanol–water partition coefficient (Wildman–Crippen LogP) is 4.14. The number of aromatic nitrogens is 6. The number of rotatable bonds is 7. The summed E-state index contributed by atoms with van der Waals surface area (Å²) in [4.78, 5) is 12.4. The SMILES string of the molecule is CC(C)c1cccc(OCc2nnc([C@@H]3CC[C@@H](n4cc(C5(F)CCN(C(=O)O)CC5)nn4)CO3)n2C)c1. The lowest BCUT2D eigenvalue weighted by Gasteiger charge is -2.33. The second-order valence-electron chi connectivity index (χ2n) is 10.4. The molecule has 5 rings (SSSR count). The van der Waals surface area contributed by atoms with E-state index in [9.17, 15) is 4.79 Å². The Morgan fingerprint density at radius 3 is 2.71 bits per heavy atom. The van der Waals surface area contributed by atoms with Crippen molar-refractivity contribution in [1.82, 2.24) is 34.7 Å². The van der Waals surface area contributed by atoms with Crippen molar-refractivity contribution in [2.45, 2.75) is 69.9 Å². The van der Waals surface area contributed by atoms with E-state index in [0.29, 0.717) is 31.4 Å². The van der Waals surface area contributed by atoms with Gasteiger partial charge in [0.25, 0.3) is 0 Å². The van der Waals surface area contributed by atoms with Gasteiger partial charge in [0, 0.05) is 33.0 Å². The van der Waals surface area contributed by atoms with Crippen LogP contribution < -0.4 is 4.74 Å². The van der Waals surface area contributed by atoms with Gasteiger partial charge < -0.3 is 24.0 Å². The van der Waals surface area contributed by atoms with Crippen LogP contribution >= 0.6 is 0 Å². The number of piperidine rings is 1. The standard InChI is InChI=1S/C26H34FN7O4/c1-17(2)18-5-4-6-20(13-18)37-16-23-29-30-24(32(23)3)21-8-7-19(15-38-21)34-14-22(28-31-34)26(27)9-11-33(12-10-26)25(35)36/h4-6,13-14,17,19,21H,7-12,15-16H2,1-3H3,(H,35,36)/t19-,21+/m1/s1. The number of benzene rings is 1. The van der Waals surface area contributed by atoms with Gasteiger partial charge in [0.1, 0.15) is 24.2 Å². The first-order valence-corrected chi connectivity index (χ1v) is 13.0. The average Bonchev–Trinajstić information content (AvgIpc) is 3.56. The summed E-state index contributed by atoms with van der Waals surface area (Å²) in [7, 11) is 1.91. The molecule has 1 amide bonds. The van der Waals surface area contributed by atoms with Crippen molar-refractivity contribution in [2.24, 2.45) is 7.05 Å². The summed E-state index contributed by atoms with van der Waals surface area (Å²) >= 11 is 0. The Hall–Kier alpha value is -3.54. The zero-order valence-corrected chi connectivity index (χ0v) is 22.0. The third kappa shape index (κ3) is 5.35. The number of likely N-dealkylation sites (tertiary alicyclic amines) is 1. The maximum Gasteiger partial charge on any atom is 0.407 e. The van der Waals surface area contributed by atoms with Gasteiger partial charge in [-0.05, 0) is 36.5 Å². The van der Waals surface area contributed by atoms with E-state index in [2.05, 4.69) is 40.4 Å². The van der Waals surface area contributed by atoms with Crippen molar-refractivity contribution in [2.75, 3.05) is 19.7 Å². The van der Waals surface area contributed by atoms with E-state index in [1.165, 1.54) is 10.5 Å². The summed E-state index contributed by atoms with van der Waals surface area (Å²) in [6.07, 6.45) is 2.01. The predicted molar refractivity (Wildman–Crippen MR) is 134 cm³/mol. The fourth-order valence-electron chi connectivity index (χ4n) is 5.01. The summed E-state index contributed by atoms with van der Waals surface area (Å²) in [5.41, 5.74) is -0.201. The smallest absolute Gasteiger partial charge is 0.407 e. The van der Waals surface area contributed by atoms with E-state index in [4.69, 9.17) is 14.6 Å². The van der Waals surface area contributed by atoms with Crippen molar-refractivity contribution in [3.05, 3.63) is 53.4 Å². The molecule has 38 heavy (non-hydrogen) atoms. The van der Waals surface area contributed by atoms with Crippen LogP contribution in [-0.2, 0) is 24.1 Å². The number of amides is 1. The van der Waals surface area contributed by atoms with Gasteiger partial charge in [-0.25, -0.2) is 13.9 Å². The fraction of sp³-hybridized carbons (Fsp3) is 0.577. The molecule has 11 nitrogen and oxygen atoms in total. The van der Waals surface area contributed by atoms with E-state index < -0.39 is 11.8 Å². The van der Waals surface area contributed by atoms with Crippen LogP contribution in [0.4, 0.5) is 9.18 Å². The maximum atomic E-state index is 15.5. The summed E-state index contributed by atoms with van der Waals surface area (Å²) in [6, 6.07) is 8.00. The van der Waals surface area contributed by atoms with Crippen LogP contribution in [0.1, 0.15) is 80.5 Å². The highest BCUT2D eigenvalue weighted by molar-refractivity contribution is 5.65. The van der Waals surface area contributed by atoms with Crippen molar-refractivity contribution >= 4 is 6.09 Å². The van der Waals surface area contributed by atoms with Gasteiger partial charge in [-0.15, -0.1) is 15.3 Å². The Morgan fingerprint density at radius 1 is 1.24 bits per heavy atom. The van der Waals surface area contributed by atoms with E-state index in [1.54, 1.807) is 10.9 Å². The molecule has 2 fully saturated rings. The average molecular weight is 528 g/mol. The van der Waals surface area contributed by atoms with Gasteiger partial charge >= 0.3 is 6.09 Å². The monoisotopic (exact) mass is 527 g/mol. The molecule has 0 radical (unpaired) electrons. The highest BCUT2D eigenvalue weighted by atomic mass is 19.1. The van der Waals surface area contributed by atoms with Gasteiger partial charge in [0.15, 0.2) is 17.3 Å². The Morgan fingerprint density at radius 2 is 2.03 bits per heavy atom. The molecule has 0 unspecified atom stereocenters. The lowest BCUT2D eigenvalue weighted by molar-refractivity contribution is -0.0226. The van der Waals surface area contributed by atoms with Gasteiger partial charge in [-0.2, -0.15) is 0 Å². The molecule has 0 spiro atoms. The molecule has 12 heteroatoms. The van der Waals surface area contributed by atoms with Crippen LogP contribution in [0.5, 0.6) is 5.75 Å². The highest BCUT2D eigenvalue weighted by Crippen LogP contribution is 2.37. The summed E-state index contributed by atoms with van der Waals surface area (Å²) in [5, 5.41) is 26.1. The molecule has 0 saturated carbocycles. The second kappa shape index (κ2) is 10.7. The topological polar surface area (TPSA) is 120 Å². The molecule has 3 aromatic rings. The normalized spacial score (nSPS) is 21.6. The van der Waals surface area contributed by atoms with Crippen molar-refractivity contribution < 1.29 is 23.8 Å². The molecule has 0 aliphatic carbocycles. The van der Waals surface area contributed by atoms with E-state index in [0.717, 1.165) is 18.0 Å². The first-order valence-electron chi connectivity index (χ1n) is 13.0. The largest absolute Gasteiger partial charge is 0.486 e. The van der Waals surface area contributed by atoms with Crippen LogP contribution in [0.3, 0.4) is 0 Å². The number of carbonyl (C=O) groups is 1. The van der Waals surface area contributed by atoms with Crippen LogP contribution in [-0.4, -0.2) is 65.6 Å². The maximum absolute atomic E-state index is 15.5. The van der Waals surface area contributed by atoms with Crippen molar-refractivity contribution in [3.8, 4) is 5.75 Å². The fourth-order valence-corrected chi connectivity index (χ4v) is 5.01. The van der Waals surface area contributed by atoms with Crippen molar-refractivity contribution in [1.29, 1.82) is 0 Å². The van der Waals surface area contributed by atoms with Gasteiger partial charge in [0.05, 0.1) is 18.8 Å². The number of nitrogens with zero attached hydrogens (tertiary/aromatic N) is 7. The molecule has 0 bridgehead atoms. The molecule has 2 saturated heterocycles. The molecule has 2 aliphatic heterocycles. The molecular formula is C26H34FN7O4. The van der Waals surface area contributed by atoms with E-state index >= 15 is 4.39 Å². The van der Waals surface area contributed by atoms with Crippen LogP contribution in [0.15, 0.2) is 30.5 Å². The number of alkyl halides is 1. The zero-order chi connectivity index (χ0) is 26.9. The lowest BCUT2D eigenvalue weighted by atomic mass is 9.90. The molecule has 2 aromatic heterocycles. The second-order valence-corrected chi connectivity index (χ2v) is 10.4. The van der Waals surface area contributed by atoms with Crippen LogP contribution in [0.25, 0.3) is 0 Å². The number of ether oxygens (including phenoxy) is 2. The highest BCUT2D eigenvalue weighted by Gasteiger charge is 2.40. The molecule has 1 aromatic carbocycles. The molecule has 204 valence electrons. The van der Waals surface area contributed by atoms with Gasteiger partial charge in [0.2, 0.25) is 0 Å². The number of hydrogen-bond acceptors (Lipinski definition) is 7. The Balaban J connectivity index is 1.16. The van der Waals surface area contributed by atoms with Crippen molar-refractivity contribution in [3.63, 3.8) is 0 Å². The summed E-state index contributed by atoms with van der Waals surface area (Å²) < 4.78 is 31.2. The molecule has 2 atom stereocenters. The van der Waals surface area contributed by atoms with E-state index in [-0.39, 0.29) is 43.8 Å².